The first kappa shape index (κ1) is 16.3. The number of hydrogen-bond acceptors (Lipinski definition) is 3. The summed E-state index contributed by atoms with van der Waals surface area (Å²) in [6, 6.07) is 4.63. The Hall–Kier alpha value is -1.76. The van der Waals surface area contributed by atoms with Gasteiger partial charge in [-0.15, -0.1) is 13.2 Å². The van der Waals surface area contributed by atoms with E-state index in [2.05, 4.69) is 10.1 Å². The second-order valence-corrected chi connectivity index (χ2v) is 4.18. The van der Waals surface area contributed by atoms with Crippen molar-refractivity contribution in [2.24, 2.45) is 0 Å². The summed E-state index contributed by atoms with van der Waals surface area (Å²) < 4.78 is 39.6. The molecule has 0 saturated carbocycles. The molecular weight excluding hydrogens is 275 g/mol. The van der Waals surface area contributed by atoms with Gasteiger partial charge in [-0.3, -0.25) is 4.79 Å². The summed E-state index contributed by atoms with van der Waals surface area (Å²) in [6.07, 6.45) is -4.20. The average molecular weight is 291 g/mol. The highest BCUT2D eigenvalue weighted by atomic mass is 19.4. The fourth-order valence-corrected chi connectivity index (χ4v) is 1.47. The van der Waals surface area contributed by atoms with E-state index >= 15 is 0 Å². The fourth-order valence-electron chi connectivity index (χ4n) is 1.47. The van der Waals surface area contributed by atoms with Crippen LogP contribution in [0.5, 0.6) is 5.75 Å². The van der Waals surface area contributed by atoms with Gasteiger partial charge in [-0.25, -0.2) is 0 Å². The Morgan fingerprint density at radius 1 is 1.35 bits per heavy atom. The van der Waals surface area contributed by atoms with Crippen LogP contribution in [0.25, 0.3) is 0 Å². The Bertz CT molecular complexity index is 431. The molecule has 4 nitrogen and oxygen atoms in total. The van der Waals surface area contributed by atoms with E-state index in [1.54, 1.807) is 0 Å². The molecule has 7 heteroatoms. The molecule has 0 aromatic heterocycles. The third kappa shape index (κ3) is 5.92. The molecule has 112 valence electrons. The van der Waals surface area contributed by atoms with Crippen molar-refractivity contribution >= 4 is 5.91 Å². The number of aliphatic hydroxyl groups excluding tert-OH is 1. The SMILES string of the molecule is CCC(O)CCNC(=O)c1ccc(OC(F)(F)F)cc1. The third-order valence-electron chi connectivity index (χ3n) is 2.58. The van der Waals surface area contributed by atoms with E-state index in [9.17, 15) is 23.1 Å². The molecular formula is C13H16F3NO3. The number of nitrogens with one attached hydrogen (secondary N) is 1. The van der Waals surface area contributed by atoms with Crippen LogP contribution in [0.2, 0.25) is 0 Å². The van der Waals surface area contributed by atoms with Crippen LogP contribution in [-0.2, 0) is 0 Å². The van der Waals surface area contributed by atoms with Gasteiger partial charge in [-0.2, -0.15) is 0 Å². The van der Waals surface area contributed by atoms with Gasteiger partial charge >= 0.3 is 6.36 Å². The van der Waals surface area contributed by atoms with E-state index in [1.807, 2.05) is 6.92 Å². The molecule has 1 rings (SSSR count). The quantitative estimate of drug-likeness (QED) is 0.846. The minimum Gasteiger partial charge on any atom is -0.406 e. The normalized spacial score (nSPS) is 12.8. The average Bonchev–Trinajstić information content (AvgIpc) is 2.37. The zero-order valence-corrected chi connectivity index (χ0v) is 10.9. The van der Waals surface area contributed by atoms with Gasteiger partial charge < -0.3 is 15.2 Å². The van der Waals surface area contributed by atoms with Crippen LogP contribution in [0.15, 0.2) is 24.3 Å². The molecule has 20 heavy (non-hydrogen) atoms. The number of rotatable bonds is 6. The Balaban J connectivity index is 2.49. The first-order valence-electron chi connectivity index (χ1n) is 6.14. The lowest BCUT2D eigenvalue weighted by Gasteiger charge is -2.10. The van der Waals surface area contributed by atoms with Gasteiger partial charge in [0.25, 0.3) is 5.91 Å². The zero-order chi connectivity index (χ0) is 15.2. The number of amides is 1. The molecule has 2 N–H and O–H groups in total. The molecule has 0 aliphatic heterocycles. The third-order valence-corrected chi connectivity index (χ3v) is 2.58. The highest BCUT2D eigenvalue weighted by molar-refractivity contribution is 5.94. The van der Waals surface area contributed by atoms with E-state index in [1.165, 1.54) is 12.1 Å². The van der Waals surface area contributed by atoms with Gasteiger partial charge in [-0.05, 0) is 37.1 Å². The van der Waals surface area contributed by atoms with Crippen LogP contribution in [0.4, 0.5) is 13.2 Å². The fraction of sp³-hybridized carbons (Fsp3) is 0.462. The lowest BCUT2D eigenvalue weighted by Crippen LogP contribution is -2.27. The molecule has 0 saturated heterocycles. The maximum absolute atomic E-state index is 12.0. The van der Waals surface area contributed by atoms with Crippen molar-refractivity contribution in [3.8, 4) is 5.75 Å². The van der Waals surface area contributed by atoms with E-state index in [-0.39, 0.29) is 11.3 Å². The van der Waals surface area contributed by atoms with Gasteiger partial charge in [-0.1, -0.05) is 6.92 Å². The van der Waals surface area contributed by atoms with Crippen LogP contribution < -0.4 is 10.1 Å². The van der Waals surface area contributed by atoms with Crippen molar-refractivity contribution in [3.05, 3.63) is 29.8 Å². The van der Waals surface area contributed by atoms with Gasteiger partial charge in [0.2, 0.25) is 0 Å². The van der Waals surface area contributed by atoms with Gasteiger partial charge in [0.1, 0.15) is 5.75 Å². The molecule has 0 heterocycles. The summed E-state index contributed by atoms with van der Waals surface area (Å²) in [5.74, 6) is -0.790. The molecule has 1 amide bonds. The molecule has 0 bridgehead atoms. The van der Waals surface area contributed by atoms with Crippen molar-refractivity contribution in [1.82, 2.24) is 5.32 Å². The van der Waals surface area contributed by atoms with Gasteiger partial charge in [0.05, 0.1) is 6.10 Å². The molecule has 0 aliphatic carbocycles. The standard InChI is InChI=1S/C13H16F3NO3/c1-2-10(18)7-8-17-12(19)9-3-5-11(6-4-9)20-13(14,15)16/h3-6,10,18H,2,7-8H2,1H3,(H,17,19). The minimum absolute atomic E-state index is 0.227. The number of alkyl halides is 3. The lowest BCUT2D eigenvalue weighted by molar-refractivity contribution is -0.274. The Kier molecular flexibility index (Phi) is 5.82. The highest BCUT2D eigenvalue weighted by Gasteiger charge is 2.31. The molecule has 1 aromatic carbocycles. The topological polar surface area (TPSA) is 58.6 Å². The second kappa shape index (κ2) is 7.14. The number of benzene rings is 1. The molecule has 0 aliphatic rings. The van der Waals surface area contributed by atoms with Crippen LogP contribution in [-0.4, -0.2) is 30.0 Å². The molecule has 0 fully saturated rings. The highest BCUT2D eigenvalue weighted by Crippen LogP contribution is 2.22. The van der Waals surface area contributed by atoms with Gasteiger partial charge in [0.15, 0.2) is 0 Å². The second-order valence-electron chi connectivity index (χ2n) is 4.18. The molecule has 0 spiro atoms. The molecule has 0 radical (unpaired) electrons. The molecule has 1 unspecified atom stereocenters. The van der Waals surface area contributed by atoms with Crippen LogP contribution in [0, 0.1) is 0 Å². The first-order valence-corrected chi connectivity index (χ1v) is 6.14. The van der Waals surface area contributed by atoms with E-state index in [0.717, 1.165) is 12.1 Å². The maximum Gasteiger partial charge on any atom is 0.573 e. The zero-order valence-electron chi connectivity index (χ0n) is 10.9. The Morgan fingerprint density at radius 2 is 1.95 bits per heavy atom. The van der Waals surface area contributed by atoms with E-state index < -0.39 is 18.4 Å². The summed E-state index contributed by atoms with van der Waals surface area (Å²) >= 11 is 0. The molecule has 1 atom stereocenters. The van der Waals surface area contributed by atoms with E-state index in [0.29, 0.717) is 19.4 Å². The summed E-state index contributed by atoms with van der Waals surface area (Å²) in [7, 11) is 0. The van der Waals surface area contributed by atoms with E-state index in [4.69, 9.17) is 0 Å². The number of hydrogen-bond donors (Lipinski definition) is 2. The number of ether oxygens (including phenoxy) is 1. The predicted molar refractivity (Wildman–Crippen MR) is 66.4 cm³/mol. The number of carbonyl (C=O) groups excluding carboxylic acids is 1. The number of carbonyl (C=O) groups is 1. The number of aliphatic hydroxyl groups is 1. The minimum atomic E-state index is -4.75. The van der Waals surface area contributed by atoms with Gasteiger partial charge in [0, 0.05) is 12.1 Å². The number of halogens is 3. The summed E-state index contributed by atoms with van der Waals surface area (Å²) in [6.45, 7) is 2.13. The maximum atomic E-state index is 12.0. The first-order chi connectivity index (χ1) is 9.31. The van der Waals surface area contributed by atoms with Crippen molar-refractivity contribution in [3.63, 3.8) is 0 Å². The van der Waals surface area contributed by atoms with Crippen LogP contribution in [0.1, 0.15) is 30.1 Å². The Morgan fingerprint density at radius 3 is 2.45 bits per heavy atom. The summed E-state index contributed by atoms with van der Waals surface area (Å²) in [5.41, 5.74) is 0.227. The van der Waals surface area contributed by atoms with Crippen LogP contribution >= 0.6 is 0 Å². The van der Waals surface area contributed by atoms with Crippen molar-refractivity contribution in [1.29, 1.82) is 0 Å². The summed E-state index contributed by atoms with van der Waals surface area (Å²) in [5, 5.41) is 11.9. The summed E-state index contributed by atoms with van der Waals surface area (Å²) in [4.78, 5) is 11.7. The van der Waals surface area contributed by atoms with Crippen molar-refractivity contribution < 1.29 is 27.8 Å². The largest absolute Gasteiger partial charge is 0.573 e. The Labute approximate surface area is 114 Å². The van der Waals surface area contributed by atoms with Crippen molar-refractivity contribution in [2.75, 3.05) is 6.54 Å². The van der Waals surface area contributed by atoms with Crippen molar-refractivity contribution in [2.45, 2.75) is 32.2 Å². The predicted octanol–water partition coefficient (Wildman–Crippen LogP) is 2.48. The monoisotopic (exact) mass is 291 g/mol. The molecule has 1 aromatic rings. The van der Waals surface area contributed by atoms with Crippen LogP contribution in [0.3, 0.4) is 0 Å². The lowest BCUT2D eigenvalue weighted by atomic mass is 10.2. The smallest absolute Gasteiger partial charge is 0.406 e.